The van der Waals surface area contributed by atoms with Crippen LogP contribution in [-0.2, 0) is 0 Å². The van der Waals surface area contributed by atoms with E-state index in [0.717, 1.165) is 22.3 Å². The Kier molecular flexibility index (Phi) is 2.99. The molecule has 0 fully saturated rings. The van der Waals surface area contributed by atoms with Crippen molar-refractivity contribution in [1.82, 2.24) is 4.98 Å². The molecule has 19 heavy (non-hydrogen) atoms. The molecule has 0 aliphatic carbocycles. The lowest BCUT2D eigenvalue weighted by molar-refractivity contribution is 0.476. The molecule has 1 heterocycles. The van der Waals surface area contributed by atoms with Crippen LogP contribution < -0.4 is 0 Å². The fourth-order valence-corrected chi connectivity index (χ4v) is 2.11. The third-order valence-electron chi connectivity index (χ3n) is 3.02. The van der Waals surface area contributed by atoms with Gasteiger partial charge in [0.05, 0.1) is 0 Å². The van der Waals surface area contributed by atoms with Crippen molar-refractivity contribution in [3.05, 3.63) is 73.1 Å². The zero-order valence-electron chi connectivity index (χ0n) is 10.3. The lowest BCUT2D eigenvalue weighted by atomic mass is 9.99. The van der Waals surface area contributed by atoms with Gasteiger partial charge in [-0.2, -0.15) is 0 Å². The zero-order chi connectivity index (χ0) is 13.1. The number of hydrogen-bond acceptors (Lipinski definition) is 2. The third kappa shape index (κ3) is 2.47. The van der Waals surface area contributed by atoms with Gasteiger partial charge in [-0.05, 0) is 41.0 Å². The molecule has 2 nitrogen and oxygen atoms in total. The van der Waals surface area contributed by atoms with Crippen molar-refractivity contribution in [2.24, 2.45) is 0 Å². The third-order valence-corrected chi connectivity index (χ3v) is 3.02. The van der Waals surface area contributed by atoms with Crippen LogP contribution in [0.15, 0.2) is 73.1 Å². The SMILES string of the molecule is Oc1cc(-c2ccccc2)cc(-c2cccnc2)c1. The Bertz CT molecular complexity index is 620. The summed E-state index contributed by atoms with van der Waals surface area (Å²) >= 11 is 0. The summed E-state index contributed by atoms with van der Waals surface area (Å²) in [6.07, 6.45) is 3.54. The summed E-state index contributed by atoms with van der Waals surface area (Å²) < 4.78 is 0. The fourth-order valence-electron chi connectivity index (χ4n) is 2.11. The molecule has 2 aromatic carbocycles. The van der Waals surface area contributed by atoms with Crippen molar-refractivity contribution in [2.75, 3.05) is 0 Å². The van der Waals surface area contributed by atoms with Crippen LogP contribution in [0.25, 0.3) is 22.3 Å². The first-order valence-electron chi connectivity index (χ1n) is 6.13. The van der Waals surface area contributed by atoms with Gasteiger partial charge < -0.3 is 5.11 Å². The molecular formula is C17H13NO. The van der Waals surface area contributed by atoms with Crippen molar-refractivity contribution in [3.8, 4) is 28.0 Å². The highest BCUT2D eigenvalue weighted by Crippen LogP contribution is 2.30. The number of hydrogen-bond donors (Lipinski definition) is 1. The Labute approximate surface area is 112 Å². The van der Waals surface area contributed by atoms with Crippen LogP contribution in [0.2, 0.25) is 0 Å². The topological polar surface area (TPSA) is 33.1 Å². The second-order valence-electron chi connectivity index (χ2n) is 4.38. The van der Waals surface area contributed by atoms with E-state index in [1.165, 1.54) is 0 Å². The lowest BCUT2D eigenvalue weighted by Gasteiger charge is -2.07. The van der Waals surface area contributed by atoms with Crippen LogP contribution in [0.1, 0.15) is 0 Å². The highest BCUT2D eigenvalue weighted by Gasteiger charge is 2.04. The summed E-state index contributed by atoms with van der Waals surface area (Å²) in [7, 11) is 0. The summed E-state index contributed by atoms with van der Waals surface area (Å²) in [5.41, 5.74) is 4.05. The fraction of sp³-hybridized carbons (Fsp3) is 0. The minimum absolute atomic E-state index is 0.264. The number of aromatic nitrogens is 1. The molecular weight excluding hydrogens is 234 g/mol. The lowest BCUT2D eigenvalue weighted by Crippen LogP contribution is -1.82. The summed E-state index contributed by atoms with van der Waals surface area (Å²) in [5, 5.41) is 9.90. The molecule has 0 aliphatic rings. The monoisotopic (exact) mass is 247 g/mol. The van der Waals surface area contributed by atoms with Crippen molar-refractivity contribution in [3.63, 3.8) is 0 Å². The number of phenolic OH excluding ortho intramolecular Hbond substituents is 1. The number of rotatable bonds is 2. The van der Waals surface area contributed by atoms with Crippen molar-refractivity contribution in [2.45, 2.75) is 0 Å². The van der Waals surface area contributed by atoms with Gasteiger partial charge in [0.25, 0.3) is 0 Å². The minimum atomic E-state index is 0.264. The van der Waals surface area contributed by atoms with Gasteiger partial charge in [-0.25, -0.2) is 0 Å². The molecule has 1 aromatic heterocycles. The van der Waals surface area contributed by atoms with Crippen LogP contribution in [0, 0.1) is 0 Å². The molecule has 0 atom stereocenters. The smallest absolute Gasteiger partial charge is 0.116 e. The van der Waals surface area contributed by atoms with Crippen molar-refractivity contribution < 1.29 is 5.11 Å². The molecule has 0 aliphatic heterocycles. The van der Waals surface area contributed by atoms with E-state index in [1.807, 2.05) is 42.5 Å². The van der Waals surface area contributed by atoms with Crippen LogP contribution in [0.5, 0.6) is 5.75 Å². The first-order chi connectivity index (χ1) is 9.33. The van der Waals surface area contributed by atoms with E-state index in [2.05, 4.69) is 11.1 Å². The van der Waals surface area contributed by atoms with Gasteiger partial charge >= 0.3 is 0 Å². The van der Waals surface area contributed by atoms with Gasteiger partial charge in [0, 0.05) is 18.0 Å². The minimum Gasteiger partial charge on any atom is -0.508 e. The van der Waals surface area contributed by atoms with Crippen LogP contribution in [-0.4, -0.2) is 10.1 Å². The van der Waals surface area contributed by atoms with E-state index < -0.39 is 0 Å². The van der Waals surface area contributed by atoms with Gasteiger partial charge in [0.1, 0.15) is 5.75 Å². The molecule has 92 valence electrons. The average Bonchev–Trinajstić information content (AvgIpc) is 2.48. The summed E-state index contributed by atoms with van der Waals surface area (Å²) in [6, 6.07) is 19.5. The standard InChI is InChI=1S/C17H13NO/c19-17-10-15(13-5-2-1-3-6-13)9-16(11-17)14-7-4-8-18-12-14/h1-12,19H. The Morgan fingerprint density at radius 1 is 0.684 bits per heavy atom. The summed E-state index contributed by atoms with van der Waals surface area (Å²) in [6.45, 7) is 0. The molecule has 0 radical (unpaired) electrons. The van der Waals surface area contributed by atoms with Crippen LogP contribution in [0.4, 0.5) is 0 Å². The van der Waals surface area contributed by atoms with Crippen LogP contribution in [0.3, 0.4) is 0 Å². The maximum absolute atomic E-state index is 9.90. The predicted molar refractivity (Wildman–Crippen MR) is 76.8 cm³/mol. The number of aromatic hydroxyl groups is 1. The molecule has 0 saturated carbocycles. The van der Waals surface area contributed by atoms with E-state index in [1.54, 1.807) is 24.5 Å². The highest BCUT2D eigenvalue weighted by molar-refractivity contribution is 5.74. The van der Waals surface area contributed by atoms with Crippen molar-refractivity contribution >= 4 is 0 Å². The molecule has 3 rings (SSSR count). The molecule has 2 heteroatoms. The van der Waals surface area contributed by atoms with E-state index in [-0.39, 0.29) is 5.75 Å². The number of phenols is 1. The number of nitrogens with zero attached hydrogens (tertiary/aromatic N) is 1. The van der Waals surface area contributed by atoms with Gasteiger partial charge in [0.2, 0.25) is 0 Å². The molecule has 1 N–H and O–H groups in total. The summed E-state index contributed by atoms with van der Waals surface area (Å²) in [5.74, 6) is 0.264. The van der Waals surface area contributed by atoms with Gasteiger partial charge in [-0.15, -0.1) is 0 Å². The maximum Gasteiger partial charge on any atom is 0.116 e. The second kappa shape index (κ2) is 4.94. The Balaban J connectivity index is 2.12. The van der Waals surface area contributed by atoms with Gasteiger partial charge in [0.15, 0.2) is 0 Å². The molecule has 0 saturated heterocycles. The largest absolute Gasteiger partial charge is 0.508 e. The van der Waals surface area contributed by atoms with Gasteiger partial charge in [-0.1, -0.05) is 36.4 Å². The van der Waals surface area contributed by atoms with E-state index in [4.69, 9.17) is 0 Å². The Morgan fingerprint density at radius 2 is 1.37 bits per heavy atom. The Morgan fingerprint density at radius 3 is 2.05 bits per heavy atom. The van der Waals surface area contributed by atoms with E-state index >= 15 is 0 Å². The zero-order valence-corrected chi connectivity index (χ0v) is 10.3. The number of benzene rings is 2. The molecule has 0 bridgehead atoms. The normalized spacial score (nSPS) is 10.3. The number of pyridine rings is 1. The quantitative estimate of drug-likeness (QED) is 0.738. The molecule has 0 spiro atoms. The van der Waals surface area contributed by atoms with Gasteiger partial charge in [-0.3, -0.25) is 4.98 Å². The second-order valence-corrected chi connectivity index (χ2v) is 4.38. The molecule has 3 aromatic rings. The van der Waals surface area contributed by atoms with Crippen LogP contribution >= 0.6 is 0 Å². The van der Waals surface area contributed by atoms with E-state index in [0.29, 0.717) is 0 Å². The summed E-state index contributed by atoms with van der Waals surface area (Å²) in [4.78, 5) is 4.11. The highest BCUT2D eigenvalue weighted by atomic mass is 16.3. The molecule has 0 unspecified atom stereocenters. The average molecular weight is 247 g/mol. The maximum atomic E-state index is 9.90. The van der Waals surface area contributed by atoms with E-state index in [9.17, 15) is 5.11 Å². The predicted octanol–water partition coefficient (Wildman–Crippen LogP) is 4.12. The first kappa shape index (κ1) is 11.5. The Hall–Kier alpha value is -2.61. The van der Waals surface area contributed by atoms with Crippen molar-refractivity contribution in [1.29, 1.82) is 0 Å². The first-order valence-corrected chi connectivity index (χ1v) is 6.13. The molecule has 0 amide bonds.